The van der Waals surface area contributed by atoms with Crippen molar-refractivity contribution in [2.45, 2.75) is 38.8 Å². The van der Waals surface area contributed by atoms with Gasteiger partial charge in [0.25, 0.3) is 0 Å². The molecule has 2 unspecified atom stereocenters. The first kappa shape index (κ1) is 19.2. The van der Waals surface area contributed by atoms with E-state index in [0.717, 1.165) is 30.3 Å². The Bertz CT molecular complexity index is 718. The standard InChI is InChI=1S/C22H28N2O3/c1-17-16-27-18(2)15-24(17)20-12-10-19(11-13-20)23-22(25)9-6-14-26-21-7-4-3-5-8-21/h3-5,7-8,10-13,17-18H,6,9,14-16H2,1-2H3,(H,23,25). The number of anilines is 2. The zero-order valence-corrected chi connectivity index (χ0v) is 16.1. The summed E-state index contributed by atoms with van der Waals surface area (Å²) >= 11 is 0. The van der Waals surface area contributed by atoms with Gasteiger partial charge in [-0.3, -0.25) is 4.79 Å². The van der Waals surface area contributed by atoms with E-state index >= 15 is 0 Å². The van der Waals surface area contributed by atoms with E-state index < -0.39 is 0 Å². The summed E-state index contributed by atoms with van der Waals surface area (Å²) in [7, 11) is 0. The Morgan fingerprint density at radius 2 is 1.89 bits per heavy atom. The van der Waals surface area contributed by atoms with Crippen molar-refractivity contribution in [1.29, 1.82) is 0 Å². The van der Waals surface area contributed by atoms with Crippen molar-refractivity contribution in [2.75, 3.05) is 30.0 Å². The average molecular weight is 368 g/mol. The maximum absolute atomic E-state index is 12.1. The molecule has 2 aromatic carbocycles. The first-order chi connectivity index (χ1) is 13.1. The molecule has 0 bridgehead atoms. The fourth-order valence-corrected chi connectivity index (χ4v) is 3.16. The lowest BCUT2D eigenvalue weighted by Gasteiger charge is -2.38. The lowest BCUT2D eigenvalue weighted by atomic mass is 10.1. The predicted molar refractivity (Wildman–Crippen MR) is 108 cm³/mol. The molecule has 1 heterocycles. The van der Waals surface area contributed by atoms with Gasteiger partial charge in [-0.2, -0.15) is 0 Å². The molecule has 1 aliphatic heterocycles. The highest BCUT2D eigenvalue weighted by Crippen LogP contribution is 2.23. The topological polar surface area (TPSA) is 50.8 Å². The molecular weight excluding hydrogens is 340 g/mol. The van der Waals surface area contributed by atoms with Gasteiger partial charge in [-0.25, -0.2) is 0 Å². The lowest BCUT2D eigenvalue weighted by Crippen LogP contribution is -2.47. The van der Waals surface area contributed by atoms with E-state index in [1.54, 1.807) is 0 Å². The summed E-state index contributed by atoms with van der Waals surface area (Å²) in [5.74, 6) is 0.841. The Kier molecular flexibility index (Phi) is 6.71. The monoisotopic (exact) mass is 368 g/mol. The van der Waals surface area contributed by atoms with Crippen LogP contribution in [0.15, 0.2) is 54.6 Å². The van der Waals surface area contributed by atoms with E-state index in [2.05, 4.69) is 36.2 Å². The summed E-state index contributed by atoms with van der Waals surface area (Å²) in [6.45, 7) is 6.41. The zero-order valence-electron chi connectivity index (χ0n) is 16.1. The molecule has 5 nitrogen and oxygen atoms in total. The lowest BCUT2D eigenvalue weighted by molar-refractivity contribution is -0.116. The van der Waals surface area contributed by atoms with E-state index in [-0.39, 0.29) is 12.0 Å². The number of nitrogens with one attached hydrogen (secondary N) is 1. The molecule has 0 aliphatic carbocycles. The minimum atomic E-state index is 0.00720. The molecule has 1 fully saturated rings. The van der Waals surface area contributed by atoms with Crippen LogP contribution in [-0.4, -0.2) is 37.8 Å². The number of para-hydroxylation sites is 1. The minimum Gasteiger partial charge on any atom is -0.494 e. The van der Waals surface area contributed by atoms with E-state index in [9.17, 15) is 4.79 Å². The Balaban J connectivity index is 1.43. The maximum atomic E-state index is 12.1. The number of benzene rings is 2. The fourth-order valence-electron chi connectivity index (χ4n) is 3.16. The Hall–Kier alpha value is -2.53. The number of hydrogen-bond acceptors (Lipinski definition) is 4. The number of amides is 1. The number of hydrogen-bond donors (Lipinski definition) is 1. The third-order valence-electron chi connectivity index (χ3n) is 4.65. The normalized spacial score (nSPS) is 19.6. The van der Waals surface area contributed by atoms with Crippen LogP contribution in [0.4, 0.5) is 11.4 Å². The predicted octanol–water partition coefficient (Wildman–Crippen LogP) is 4.10. The highest BCUT2D eigenvalue weighted by Gasteiger charge is 2.23. The van der Waals surface area contributed by atoms with E-state index in [4.69, 9.17) is 9.47 Å². The summed E-state index contributed by atoms with van der Waals surface area (Å²) in [6, 6.07) is 18.0. The molecule has 1 aliphatic rings. The van der Waals surface area contributed by atoms with Crippen LogP contribution in [0, 0.1) is 0 Å². The molecule has 5 heteroatoms. The fraction of sp³-hybridized carbons (Fsp3) is 0.409. The van der Waals surface area contributed by atoms with Crippen molar-refractivity contribution in [3.8, 4) is 5.75 Å². The molecule has 2 aromatic rings. The molecule has 144 valence electrons. The van der Waals surface area contributed by atoms with Crippen molar-refractivity contribution in [1.82, 2.24) is 0 Å². The SMILES string of the molecule is CC1CN(c2ccc(NC(=O)CCCOc3ccccc3)cc2)C(C)CO1. The average Bonchev–Trinajstić information content (AvgIpc) is 2.69. The molecule has 0 aromatic heterocycles. The Morgan fingerprint density at radius 1 is 1.15 bits per heavy atom. The van der Waals surface area contributed by atoms with E-state index in [1.165, 1.54) is 0 Å². The van der Waals surface area contributed by atoms with Crippen molar-refractivity contribution in [3.63, 3.8) is 0 Å². The largest absolute Gasteiger partial charge is 0.494 e. The Morgan fingerprint density at radius 3 is 2.63 bits per heavy atom. The third-order valence-corrected chi connectivity index (χ3v) is 4.65. The highest BCUT2D eigenvalue weighted by molar-refractivity contribution is 5.90. The van der Waals surface area contributed by atoms with Crippen LogP contribution >= 0.6 is 0 Å². The van der Waals surface area contributed by atoms with Gasteiger partial charge in [-0.15, -0.1) is 0 Å². The summed E-state index contributed by atoms with van der Waals surface area (Å²) in [6.07, 6.45) is 1.35. The molecule has 0 saturated carbocycles. The first-order valence-electron chi connectivity index (χ1n) is 9.58. The van der Waals surface area contributed by atoms with Crippen LogP contribution in [0.1, 0.15) is 26.7 Å². The molecule has 1 N–H and O–H groups in total. The number of ether oxygens (including phenoxy) is 2. The summed E-state index contributed by atoms with van der Waals surface area (Å²) in [4.78, 5) is 14.5. The second kappa shape index (κ2) is 9.42. The quantitative estimate of drug-likeness (QED) is 0.748. The summed E-state index contributed by atoms with van der Waals surface area (Å²) in [5, 5.41) is 2.95. The molecule has 1 saturated heterocycles. The van der Waals surface area contributed by atoms with Crippen LogP contribution in [0.5, 0.6) is 5.75 Å². The molecular formula is C22H28N2O3. The smallest absolute Gasteiger partial charge is 0.224 e. The van der Waals surface area contributed by atoms with Crippen LogP contribution in [0.2, 0.25) is 0 Å². The number of carbonyl (C=O) groups excluding carboxylic acids is 1. The number of carbonyl (C=O) groups is 1. The third kappa shape index (κ3) is 5.73. The van der Waals surface area contributed by atoms with Gasteiger partial charge < -0.3 is 19.7 Å². The van der Waals surface area contributed by atoms with Crippen LogP contribution < -0.4 is 15.0 Å². The van der Waals surface area contributed by atoms with Crippen molar-refractivity contribution >= 4 is 17.3 Å². The molecule has 2 atom stereocenters. The van der Waals surface area contributed by atoms with Crippen LogP contribution in [0.25, 0.3) is 0 Å². The zero-order chi connectivity index (χ0) is 19.1. The van der Waals surface area contributed by atoms with Crippen molar-refractivity contribution in [2.24, 2.45) is 0 Å². The number of nitrogens with zero attached hydrogens (tertiary/aromatic N) is 1. The summed E-state index contributed by atoms with van der Waals surface area (Å²) < 4.78 is 11.3. The molecule has 1 amide bonds. The van der Waals surface area contributed by atoms with Crippen LogP contribution in [-0.2, 0) is 9.53 Å². The minimum absolute atomic E-state index is 0.00720. The second-order valence-corrected chi connectivity index (χ2v) is 7.01. The number of morpholine rings is 1. The van der Waals surface area contributed by atoms with Gasteiger partial charge in [0.15, 0.2) is 0 Å². The molecule has 3 rings (SSSR count). The van der Waals surface area contributed by atoms with Crippen molar-refractivity contribution < 1.29 is 14.3 Å². The molecule has 27 heavy (non-hydrogen) atoms. The van der Waals surface area contributed by atoms with E-state index in [1.807, 2.05) is 42.5 Å². The second-order valence-electron chi connectivity index (χ2n) is 7.01. The maximum Gasteiger partial charge on any atom is 0.224 e. The first-order valence-corrected chi connectivity index (χ1v) is 9.58. The molecule has 0 spiro atoms. The van der Waals surface area contributed by atoms with Crippen LogP contribution in [0.3, 0.4) is 0 Å². The van der Waals surface area contributed by atoms with Gasteiger partial charge in [0, 0.05) is 30.4 Å². The van der Waals surface area contributed by atoms with Gasteiger partial charge in [-0.05, 0) is 56.7 Å². The van der Waals surface area contributed by atoms with Gasteiger partial charge >= 0.3 is 0 Å². The van der Waals surface area contributed by atoms with Gasteiger partial charge in [0.1, 0.15) is 5.75 Å². The Labute approximate surface area is 161 Å². The van der Waals surface area contributed by atoms with Crippen molar-refractivity contribution in [3.05, 3.63) is 54.6 Å². The van der Waals surface area contributed by atoms with Gasteiger partial charge in [-0.1, -0.05) is 18.2 Å². The van der Waals surface area contributed by atoms with Gasteiger partial charge in [0.05, 0.1) is 19.3 Å². The number of rotatable bonds is 7. The summed E-state index contributed by atoms with van der Waals surface area (Å²) in [5.41, 5.74) is 1.98. The van der Waals surface area contributed by atoms with E-state index in [0.29, 0.717) is 25.5 Å². The van der Waals surface area contributed by atoms with Gasteiger partial charge in [0.2, 0.25) is 5.91 Å². The highest BCUT2D eigenvalue weighted by atomic mass is 16.5. The molecule has 0 radical (unpaired) electrons.